The zero-order valence-electron chi connectivity index (χ0n) is 9.73. The van der Waals surface area contributed by atoms with Crippen LogP contribution in [0.15, 0.2) is 48.7 Å². The molecule has 1 heterocycles. The number of aromatic nitrogens is 1. The van der Waals surface area contributed by atoms with Gasteiger partial charge >= 0.3 is 0 Å². The molecule has 1 aromatic carbocycles. The highest BCUT2D eigenvalue weighted by atomic mass is 19.1. The Hall–Kier alpha value is -1.74. The summed E-state index contributed by atoms with van der Waals surface area (Å²) in [5.41, 5.74) is 7.30. The summed E-state index contributed by atoms with van der Waals surface area (Å²) in [6.45, 7) is 1.89. The summed E-state index contributed by atoms with van der Waals surface area (Å²) in [5.74, 6) is -0.264. The van der Waals surface area contributed by atoms with Gasteiger partial charge in [-0.3, -0.25) is 4.98 Å². The number of rotatable bonds is 3. The largest absolute Gasteiger partial charge is 0.321 e. The second kappa shape index (κ2) is 4.63. The average Bonchev–Trinajstić information content (AvgIpc) is 2.30. The van der Waals surface area contributed by atoms with Crippen LogP contribution in [0.5, 0.6) is 0 Å². The molecule has 2 N–H and O–H groups in total. The first-order valence-electron chi connectivity index (χ1n) is 5.53. The topological polar surface area (TPSA) is 38.9 Å². The minimum atomic E-state index is -0.615. The highest BCUT2D eigenvalue weighted by Crippen LogP contribution is 2.22. The van der Waals surface area contributed by atoms with Crippen LogP contribution in [0.2, 0.25) is 0 Å². The summed E-state index contributed by atoms with van der Waals surface area (Å²) < 4.78 is 13.2. The number of benzene rings is 1. The molecule has 0 aliphatic heterocycles. The van der Waals surface area contributed by atoms with Crippen LogP contribution in [0, 0.1) is 5.82 Å². The van der Waals surface area contributed by atoms with Crippen LogP contribution in [-0.4, -0.2) is 4.98 Å². The zero-order chi connectivity index (χ0) is 12.3. The van der Waals surface area contributed by atoms with Gasteiger partial charge in [-0.15, -0.1) is 0 Å². The predicted octanol–water partition coefficient (Wildman–Crippen LogP) is 2.64. The molecule has 2 rings (SSSR count). The maximum atomic E-state index is 13.2. The molecular weight excluding hydrogens is 215 g/mol. The molecule has 1 atom stereocenters. The molecule has 1 unspecified atom stereocenters. The van der Waals surface area contributed by atoms with Gasteiger partial charge in [0.15, 0.2) is 0 Å². The Morgan fingerprint density at radius 2 is 2.06 bits per heavy atom. The molecule has 2 nitrogen and oxygen atoms in total. The van der Waals surface area contributed by atoms with Crippen molar-refractivity contribution in [3.63, 3.8) is 0 Å². The Morgan fingerprint density at radius 1 is 1.24 bits per heavy atom. The highest BCUT2D eigenvalue weighted by Gasteiger charge is 2.22. The van der Waals surface area contributed by atoms with Crippen molar-refractivity contribution < 1.29 is 4.39 Å². The first-order valence-corrected chi connectivity index (χ1v) is 5.53. The second-order valence-corrected chi connectivity index (χ2v) is 4.43. The lowest BCUT2D eigenvalue weighted by molar-refractivity contribution is 0.480. The Morgan fingerprint density at radius 3 is 2.71 bits per heavy atom. The van der Waals surface area contributed by atoms with Crippen molar-refractivity contribution in [3.05, 3.63) is 65.7 Å². The van der Waals surface area contributed by atoms with Gasteiger partial charge in [-0.05, 0) is 36.8 Å². The number of pyridine rings is 1. The maximum absolute atomic E-state index is 13.2. The van der Waals surface area contributed by atoms with Gasteiger partial charge in [0.2, 0.25) is 0 Å². The SMILES string of the molecule is CC(N)(Cc1ccccn1)c1cccc(F)c1. The van der Waals surface area contributed by atoms with Gasteiger partial charge in [-0.25, -0.2) is 4.39 Å². The van der Waals surface area contributed by atoms with Crippen molar-refractivity contribution in [1.82, 2.24) is 4.98 Å². The van der Waals surface area contributed by atoms with Gasteiger partial charge in [-0.1, -0.05) is 18.2 Å². The molecule has 2 aromatic rings. The minimum absolute atomic E-state index is 0.264. The molecule has 0 saturated heterocycles. The molecule has 1 aromatic heterocycles. The molecule has 88 valence electrons. The monoisotopic (exact) mass is 230 g/mol. The predicted molar refractivity (Wildman–Crippen MR) is 65.9 cm³/mol. The number of halogens is 1. The van der Waals surface area contributed by atoms with Gasteiger partial charge in [0.05, 0.1) is 0 Å². The average molecular weight is 230 g/mol. The molecule has 0 amide bonds. The Kier molecular flexibility index (Phi) is 3.20. The van der Waals surface area contributed by atoms with Crippen molar-refractivity contribution in [2.24, 2.45) is 5.73 Å². The molecule has 0 spiro atoms. The third kappa shape index (κ3) is 2.88. The molecule has 0 bridgehead atoms. The lowest BCUT2D eigenvalue weighted by Gasteiger charge is -2.24. The van der Waals surface area contributed by atoms with Crippen molar-refractivity contribution in [3.8, 4) is 0 Å². The van der Waals surface area contributed by atoms with Crippen LogP contribution in [0.4, 0.5) is 4.39 Å². The summed E-state index contributed by atoms with van der Waals surface area (Å²) >= 11 is 0. The normalized spacial score (nSPS) is 14.3. The van der Waals surface area contributed by atoms with Crippen LogP contribution in [0.1, 0.15) is 18.2 Å². The molecule has 0 fully saturated rings. The molecular formula is C14H15FN2. The Bertz CT molecular complexity index is 495. The van der Waals surface area contributed by atoms with E-state index in [1.165, 1.54) is 12.1 Å². The van der Waals surface area contributed by atoms with Crippen molar-refractivity contribution in [1.29, 1.82) is 0 Å². The van der Waals surface area contributed by atoms with Crippen LogP contribution in [0.3, 0.4) is 0 Å². The van der Waals surface area contributed by atoms with Crippen molar-refractivity contribution in [2.75, 3.05) is 0 Å². The van der Waals surface area contributed by atoms with E-state index in [1.807, 2.05) is 31.2 Å². The van der Waals surface area contributed by atoms with Gasteiger partial charge < -0.3 is 5.73 Å². The quantitative estimate of drug-likeness (QED) is 0.880. The summed E-state index contributed by atoms with van der Waals surface area (Å²) in [7, 11) is 0. The third-order valence-corrected chi connectivity index (χ3v) is 2.76. The van der Waals surface area contributed by atoms with Gasteiger partial charge in [-0.2, -0.15) is 0 Å². The number of hydrogen-bond donors (Lipinski definition) is 1. The van der Waals surface area contributed by atoms with E-state index in [2.05, 4.69) is 4.98 Å². The van der Waals surface area contributed by atoms with E-state index in [9.17, 15) is 4.39 Å². The fourth-order valence-corrected chi connectivity index (χ4v) is 1.82. The number of nitrogens with zero attached hydrogens (tertiary/aromatic N) is 1. The fourth-order valence-electron chi connectivity index (χ4n) is 1.82. The molecule has 0 radical (unpaired) electrons. The minimum Gasteiger partial charge on any atom is -0.321 e. The van der Waals surface area contributed by atoms with E-state index in [1.54, 1.807) is 12.3 Å². The van der Waals surface area contributed by atoms with Crippen molar-refractivity contribution >= 4 is 0 Å². The van der Waals surface area contributed by atoms with Crippen LogP contribution in [0.25, 0.3) is 0 Å². The molecule has 0 saturated carbocycles. The van der Waals surface area contributed by atoms with E-state index in [0.29, 0.717) is 6.42 Å². The molecule has 3 heteroatoms. The summed E-state index contributed by atoms with van der Waals surface area (Å²) in [5, 5.41) is 0. The Labute approximate surface area is 100 Å². The molecule has 0 aliphatic carbocycles. The van der Waals surface area contributed by atoms with Gasteiger partial charge in [0.1, 0.15) is 5.82 Å². The summed E-state index contributed by atoms with van der Waals surface area (Å²) in [6.07, 6.45) is 2.31. The first-order chi connectivity index (χ1) is 8.08. The van der Waals surface area contributed by atoms with Crippen LogP contribution < -0.4 is 5.73 Å². The molecule has 0 aliphatic rings. The standard InChI is InChI=1S/C14H15FN2/c1-14(16,10-13-7-2-3-8-17-13)11-5-4-6-12(15)9-11/h2-9H,10,16H2,1H3. The first kappa shape index (κ1) is 11.7. The van der Waals surface area contributed by atoms with E-state index in [4.69, 9.17) is 5.73 Å². The number of nitrogens with two attached hydrogens (primary N) is 1. The maximum Gasteiger partial charge on any atom is 0.123 e. The lowest BCUT2D eigenvalue weighted by Crippen LogP contribution is -2.35. The smallest absolute Gasteiger partial charge is 0.123 e. The summed E-state index contributed by atoms with van der Waals surface area (Å²) in [4.78, 5) is 4.24. The van der Waals surface area contributed by atoms with Gasteiger partial charge in [0.25, 0.3) is 0 Å². The highest BCUT2D eigenvalue weighted by molar-refractivity contribution is 5.26. The number of hydrogen-bond acceptors (Lipinski definition) is 2. The van der Waals surface area contributed by atoms with E-state index >= 15 is 0 Å². The molecule has 17 heavy (non-hydrogen) atoms. The van der Waals surface area contributed by atoms with Crippen LogP contribution in [-0.2, 0) is 12.0 Å². The summed E-state index contributed by atoms with van der Waals surface area (Å²) in [6, 6.07) is 12.1. The zero-order valence-corrected chi connectivity index (χ0v) is 9.73. The van der Waals surface area contributed by atoms with E-state index < -0.39 is 5.54 Å². The van der Waals surface area contributed by atoms with Gasteiger partial charge in [0, 0.05) is 23.9 Å². The lowest BCUT2D eigenvalue weighted by atomic mass is 9.88. The van der Waals surface area contributed by atoms with E-state index in [0.717, 1.165) is 11.3 Å². The van der Waals surface area contributed by atoms with Crippen molar-refractivity contribution in [2.45, 2.75) is 18.9 Å². The van der Waals surface area contributed by atoms with E-state index in [-0.39, 0.29) is 5.82 Å². The Balaban J connectivity index is 2.25. The third-order valence-electron chi connectivity index (χ3n) is 2.76. The van der Waals surface area contributed by atoms with Crippen LogP contribution >= 0.6 is 0 Å². The fraction of sp³-hybridized carbons (Fsp3) is 0.214. The second-order valence-electron chi connectivity index (χ2n) is 4.43.